The monoisotopic (exact) mass is 222 g/mol. The number of carbonyl (C=O) groups excluding carboxylic acids is 2. The maximum Gasteiger partial charge on any atom is 0.243 e. The van der Waals surface area contributed by atoms with Crippen molar-refractivity contribution >= 4 is 11.8 Å². The fraction of sp³-hybridized carbons (Fsp3) is 0.667. The van der Waals surface area contributed by atoms with Crippen molar-refractivity contribution in [2.75, 3.05) is 6.54 Å². The van der Waals surface area contributed by atoms with Crippen molar-refractivity contribution in [3.63, 3.8) is 0 Å². The number of hydrogen-bond donors (Lipinski definition) is 1. The molecule has 1 aliphatic rings. The van der Waals surface area contributed by atoms with Gasteiger partial charge in [0.05, 0.1) is 12.6 Å². The van der Waals surface area contributed by atoms with E-state index in [1.165, 1.54) is 0 Å². The summed E-state index contributed by atoms with van der Waals surface area (Å²) in [7, 11) is 0. The first-order valence-corrected chi connectivity index (χ1v) is 5.57. The molecule has 1 saturated heterocycles. The van der Waals surface area contributed by atoms with Crippen molar-refractivity contribution in [2.45, 2.75) is 39.3 Å². The zero-order chi connectivity index (χ0) is 12.3. The lowest BCUT2D eigenvalue weighted by atomic mass is 9.97. The van der Waals surface area contributed by atoms with Gasteiger partial charge in [0.1, 0.15) is 6.04 Å². The summed E-state index contributed by atoms with van der Waals surface area (Å²) in [5.74, 6) is 2.44. The lowest BCUT2D eigenvalue weighted by Gasteiger charge is -2.40. The number of terminal acetylenes is 1. The Kier molecular flexibility index (Phi) is 3.94. The van der Waals surface area contributed by atoms with Gasteiger partial charge in [-0.3, -0.25) is 9.59 Å². The molecule has 0 spiro atoms. The number of rotatable bonds is 3. The summed E-state index contributed by atoms with van der Waals surface area (Å²) in [4.78, 5) is 25.1. The van der Waals surface area contributed by atoms with E-state index in [9.17, 15) is 9.59 Å². The minimum Gasteiger partial charge on any atom is -0.345 e. The first-order chi connectivity index (χ1) is 7.52. The Balaban J connectivity index is 3.02. The Morgan fingerprint density at radius 3 is 2.62 bits per heavy atom. The van der Waals surface area contributed by atoms with E-state index >= 15 is 0 Å². The van der Waals surface area contributed by atoms with Crippen LogP contribution in [0.5, 0.6) is 0 Å². The highest BCUT2D eigenvalue weighted by atomic mass is 16.2. The van der Waals surface area contributed by atoms with Crippen molar-refractivity contribution in [3.8, 4) is 12.3 Å². The first-order valence-electron chi connectivity index (χ1n) is 5.57. The van der Waals surface area contributed by atoms with Gasteiger partial charge in [-0.15, -0.1) is 6.42 Å². The van der Waals surface area contributed by atoms with Gasteiger partial charge in [-0.2, -0.15) is 0 Å². The Hall–Kier alpha value is -1.50. The third-order valence-corrected chi connectivity index (χ3v) is 2.82. The molecule has 2 unspecified atom stereocenters. The minimum absolute atomic E-state index is 0.0558. The van der Waals surface area contributed by atoms with Crippen LogP contribution >= 0.6 is 0 Å². The molecule has 0 aromatic heterocycles. The van der Waals surface area contributed by atoms with Gasteiger partial charge in [0.25, 0.3) is 0 Å². The Morgan fingerprint density at radius 2 is 2.19 bits per heavy atom. The number of nitrogens with zero attached hydrogens (tertiary/aromatic N) is 1. The lowest BCUT2D eigenvalue weighted by molar-refractivity contribution is -0.149. The third-order valence-electron chi connectivity index (χ3n) is 2.82. The van der Waals surface area contributed by atoms with Crippen LogP contribution in [-0.2, 0) is 9.59 Å². The lowest BCUT2D eigenvalue weighted by Crippen LogP contribution is -2.62. The van der Waals surface area contributed by atoms with Gasteiger partial charge < -0.3 is 10.2 Å². The molecule has 4 nitrogen and oxygen atoms in total. The SMILES string of the molecule is C#CC(CC)N1C(=O)CNC(=O)C1C(C)C. The molecule has 2 amide bonds. The van der Waals surface area contributed by atoms with Gasteiger partial charge in [0.2, 0.25) is 11.8 Å². The second-order valence-corrected chi connectivity index (χ2v) is 4.30. The highest BCUT2D eigenvalue weighted by Crippen LogP contribution is 2.19. The second kappa shape index (κ2) is 5.02. The Bertz CT molecular complexity index is 330. The van der Waals surface area contributed by atoms with Crippen LogP contribution in [0.1, 0.15) is 27.2 Å². The molecule has 0 saturated carbocycles. The van der Waals surface area contributed by atoms with Crippen LogP contribution < -0.4 is 5.32 Å². The number of amides is 2. The fourth-order valence-corrected chi connectivity index (χ4v) is 2.03. The molecule has 88 valence electrons. The van der Waals surface area contributed by atoms with E-state index in [2.05, 4.69) is 11.2 Å². The maximum atomic E-state index is 11.8. The molecule has 16 heavy (non-hydrogen) atoms. The molecule has 0 aromatic rings. The molecule has 1 rings (SSSR count). The van der Waals surface area contributed by atoms with E-state index in [1.807, 2.05) is 20.8 Å². The quantitative estimate of drug-likeness (QED) is 0.702. The molecule has 0 radical (unpaired) electrons. The summed E-state index contributed by atoms with van der Waals surface area (Å²) >= 11 is 0. The second-order valence-electron chi connectivity index (χ2n) is 4.30. The maximum absolute atomic E-state index is 11.8. The van der Waals surface area contributed by atoms with Gasteiger partial charge in [-0.25, -0.2) is 0 Å². The molecule has 1 aliphatic heterocycles. The van der Waals surface area contributed by atoms with Crippen LogP contribution in [0.25, 0.3) is 0 Å². The highest BCUT2D eigenvalue weighted by molar-refractivity contribution is 5.95. The number of carbonyl (C=O) groups is 2. The van der Waals surface area contributed by atoms with Crippen molar-refractivity contribution < 1.29 is 9.59 Å². The molecule has 0 bridgehead atoms. The topological polar surface area (TPSA) is 49.4 Å². The van der Waals surface area contributed by atoms with Crippen molar-refractivity contribution in [1.82, 2.24) is 10.2 Å². The Labute approximate surface area is 96.4 Å². The summed E-state index contributed by atoms with van der Waals surface area (Å²) in [6, 6.07) is -0.729. The Morgan fingerprint density at radius 1 is 1.56 bits per heavy atom. The molecular weight excluding hydrogens is 204 g/mol. The zero-order valence-electron chi connectivity index (χ0n) is 9.99. The highest BCUT2D eigenvalue weighted by Gasteiger charge is 2.39. The predicted octanol–water partition coefficient (Wildman–Crippen LogP) is 0.381. The third kappa shape index (κ3) is 2.19. The summed E-state index contributed by atoms with van der Waals surface area (Å²) in [5.41, 5.74) is 0. The molecule has 1 fully saturated rings. The van der Waals surface area contributed by atoms with Gasteiger partial charge in [-0.1, -0.05) is 26.7 Å². The molecule has 0 aliphatic carbocycles. The van der Waals surface area contributed by atoms with Gasteiger partial charge in [-0.05, 0) is 12.3 Å². The summed E-state index contributed by atoms with van der Waals surface area (Å²) in [6.45, 7) is 5.81. The molecule has 2 atom stereocenters. The molecule has 0 aromatic carbocycles. The van der Waals surface area contributed by atoms with Gasteiger partial charge in [0, 0.05) is 0 Å². The number of nitrogens with one attached hydrogen (secondary N) is 1. The standard InChI is InChI=1S/C12H18N2O2/c1-5-9(6-2)14-10(15)7-13-12(16)11(14)8(3)4/h1,8-9,11H,6-7H2,2-4H3,(H,13,16). The molecule has 4 heteroatoms. The van der Waals surface area contributed by atoms with E-state index in [1.54, 1.807) is 4.90 Å². The van der Waals surface area contributed by atoms with Crippen LogP contribution in [0.4, 0.5) is 0 Å². The molecular formula is C12H18N2O2. The van der Waals surface area contributed by atoms with E-state index in [0.717, 1.165) is 0 Å². The van der Waals surface area contributed by atoms with E-state index in [-0.39, 0.29) is 30.3 Å². The van der Waals surface area contributed by atoms with E-state index in [4.69, 9.17) is 6.42 Å². The first kappa shape index (κ1) is 12.6. The predicted molar refractivity (Wildman–Crippen MR) is 61.4 cm³/mol. The van der Waals surface area contributed by atoms with Crippen molar-refractivity contribution in [1.29, 1.82) is 0 Å². The van der Waals surface area contributed by atoms with Crippen molar-refractivity contribution in [3.05, 3.63) is 0 Å². The van der Waals surface area contributed by atoms with Crippen LogP contribution in [0.2, 0.25) is 0 Å². The van der Waals surface area contributed by atoms with Gasteiger partial charge >= 0.3 is 0 Å². The minimum atomic E-state index is -0.442. The van der Waals surface area contributed by atoms with Crippen LogP contribution in [0.3, 0.4) is 0 Å². The molecule has 1 heterocycles. The van der Waals surface area contributed by atoms with Crippen molar-refractivity contribution in [2.24, 2.45) is 5.92 Å². The number of piperazine rings is 1. The van der Waals surface area contributed by atoms with E-state index < -0.39 is 6.04 Å². The van der Waals surface area contributed by atoms with Crippen LogP contribution in [-0.4, -0.2) is 35.3 Å². The smallest absolute Gasteiger partial charge is 0.243 e. The van der Waals surface area contributed by atoms with Gasteiger partial charge in [0.15, 0.2) is 0 Å². The van der Waals surface area contributed by atoms with Crippen LogP contribution in [0, 0.1) is 18.3 Å². The largest absolute Gasteiger partial charge is 0.345 e. The summed E-state index contributed by atoms with van der Waals surface area (Å²) in [6.07, 6.45) is 6.07. The van der Waals surface area contributed by atoms with E-state index in [0.29, 0.717) is 6.42 Å². The normalized spacial score (nSPS) is 22.9. The van der Waals surface area contributed by atoms with Crippen LogP contribution in [0.15, 0.2) is 0 Å². The molecule has 1 N–H and O–H groups in total. The average molecular weight is 222 g/mol. The summed E-state index contributed by atoms with van der Waals surface area (Å²) < 4.78 is 0. The average Bonchev–Trinajstić information content (AvgIpc) is 2.24. The number of hydrogen-bond acceptors (Lipinski definition) is 2. The zero-order valence-corrected chi connectivity index (χ0v) is 9.99. The summed E-state index contributed by atoms with van der Waals surface area (Å²) in [5, 5.41) is 2.60. The fourth-order valence-electron chi connectivity index (χ4n) is 2.03.